The van der Waals surface area contributed by atoms with Gasteiger partial charge in [0.15, 0.2) is 12.2 Å². The van der Waals surface area contributed by atoms with Gasteiger partial charge in [-0.3, -0.25) is 14.2 Å². The van der Waals surface area contributed by atoms with E-state index in [1.807, 2.05) is 6.92 Å². The highest BCUT2D eigenvalue weighted by atomic mass is 16.5. The van der Waals surface area contributed by atoms with Crippen LogP contribution in [0.3, 0.4) is 0 Å². The molecule has 0 atom stereocenters. The predicted octanol–water partition coefficient (Wildman–Crippen LogP) is 1.44. The molecular weight excluding hydrogens is 300 g/mol. The summed E-state index contributed by atoms with van der Waals surface area (Å²) in [7, 11) is 0. The Hall–Kier alpha value is -2.57. The van der Waals surface area contributed by atoms with E-state index in [4.69, 9.17) is 9.15 Å². The zero-order valence-corrected chi connectivity index (χ0v) is 13.0. The number of aromatic nitrogens is 1. The summed E-state index contributed by atoms with van der Waals surface area (Å²) in [4.78, 5) is 34.8. The Kier molecular flexibility index (Phi) is 5.96. The first-order chi connectivity index (χ1) is 11.1. The number of carbonyl (C=O) groups excluding carboxylic acids is 2. The second-order valence-electron chi connectivity index (χ2n) is 5.10. The van der Waals surface area contributed by atoms with Crippen molar-refractivity contribution >= 4 is 23.0 Å². The summed E-state index contributed by atoms with van der Waals surface area (Å²) in [6.07, 6.45) is 1.86. The van der Waals surface area contributed by atoms with Crippen LogP contribution in [-0.2, 0) is 20.9 Å². The number of nitrogens with zero attached hydrogens (tertiary/aromatic N) is 1. The van der Waals surface area contributed by atoms with Crippen LogP contribution in [0.15, 0.2) is 33.5 Å². The molecule has 0 fully saturated rings. The molecule has 1 N–H and O–H groups in total. The largest absolute Gasteiger partial charge is 0.456 e. The summed E-state index contributed by atoms with van der Waals surface area (Å²) >= 11 is 0. The van der Waals surface area contributed by atoms with Crippen LogP contribution in [0, 0.1) is 0 Å². The molecule has 7 nitrogen and oxygen atoms in total. The second kappa shape index (κ2) is 8.17. The Labute approximate surface area is 133 Å². The molecule has 1 aromatic heterocycles. The Morgan fingerprint density at radius 3 is 2.87 bits per heavy atom. The smallest absolute Gasteiger partial charge is 0.419 e. The number of nitrogens with one attached hydrogen (secondary N) is 1. The topological polar surface area (TPSA) is 90.5 Å². The number of unbranched alkanes of at least 4 members (excludes halogenated alkanes) is 1. The first-order valence-electron chi connectivity index (χ1n) is 7.62. The Balaban J connectivity index is 1.81. The van der Waals surface area contributed by atoms with Crippen molar-refractivity contribution in [2.24, 2.45) is 0 Å². The number of fused-ring (bicyclic) bond motifs is 1. The summed E-state index contributed by atoms with van der Waals surface area (Å²) in [5.41, 5.74) is 1.10. The number of para-hydroxylation sites is 2. The number of oxazole rings is 1. The van der Waals surface area contributed by atoms with Crippen molar-refractivity contribution in [3.63, 3.8) is 0 Å². The molecule has 0 saturated carbocycles. The number of ether oxygens (including phenoxy) is 1. The van der Waals surface area contributed by atoms with E-state index in [9.17, 15) is 14.4 Å². The molecule has 0 bridgehead atoms. The van der Waals surface area contributed by atoms with E-state index >= 15 is 0 Å². The van der Waals surface area contributed by atoms with Gasteiger partial charge in [-0.05, 0) is 18.6 Å². The minimum atomic E-state index is -0.534. The SMILES string of the molecule is CCCCNC(=O)COC(=O)CCn1c(=O)oc2ccccc21. The average Bonchev–Trinajstić information content (AvgIpc) is 2.86. The highest BCUT2D eigenvalue weighted by Crippen LogP contribution is 2.12. The average molecular weight is 320 g/mol. The van der Waals surface area contributed by atoms with E-state index in [0.717, 1.165) is 12.8 Å². The third-order valence-corrected chi connectivity index (χ3v) is 3.33. The van der Waals surface area contributed by atoms with Crippen LogP contribution in [-0.4, -0.2) is 29.6 Å². The molecule has 2 rings (SSSR count). The van der Waals surface area contributed by atoms with Crippen LogP contribution in [0.1, 0.15) is 26.2 Å². The third kappa shape index (κ3) is 4.70. The van der Waals surface area contributed by atoms with Crippen molar-refractivity contribution < 1.29 is 18.7 Å². The number of rotatable bonds is 8. The summed E-state index contributed by atoms with van der Waals surface area (Å²) < 4.78 is 11.3. The van der Waals surface area contributed by atoms with Gasteiger partial charge in [0, 0.05) is 13.1 Å². The number of esters is 1. The molecule has 0 aliphatic heterocycles. The molecular formula is C16H20N2O5. The maximum absolute atomic E-state index is 11.7. The van der Waals surface area contributed by atoms with E-state index in [1.54, 1.807) is 24.3 Å². The monoisotopic (exact) mass is 320 g/mol. The van der Waals surface area contributed by atoms with E-state index in [2.05, 4.69) is 5.32 Å². The lowest BCUT2D eigenvalue weighted by atomic mass is 10.3. The van der Waals surface area contributed by atoms with Gasteiger partial charge in [0.2, 0.25) is 0 Å². The quantitative estimate of drug-likeness (QED) is 0.587. The Morgan fingerprint density at radius 2 is 2.09 bits per heavy atom. The van der Waals surface area contributed by atoms with E-state index < -0.39 is 11.7 Å². The molecule has 2 aromatic rings. The molecule has 0 spiro atoms. The number of amides is 1. The first kappa shape index (κ1) is 16.8. The van der Waals surface area contributed by atoms with E-state index in [-0.39, 0.29) is 25.5 Å². The van der Waals surface area contributed by atoms with Gasteiger partial charge in [0.1, 0.15) is 0 Å². The van der Waals surface area contributed by atoms with Crippen molar-refractivity contribution in [3.05, 3.63) is 34.8 Å². The molecule has 0 aliphatic rings. The van der Waals surface area contributed by atoms with Gasteiger partial charge < -0.3 is 14.5 Å². The van der Waals surface area contributed by atoms with Crippen LogP contribution in [0.25, 0.3) is 11.1 Å². The summed E-state index contributed by atoms with van der Waals surface area (Å²) in [6.45, 7) is 2.44. The molecule has 7 heteroatoms. The van der Waals surface area contributed by atoms with Gasteiger partial charge in [0.25, 0.3) is 5.91 Å². The van der Waals surface area contributed by atoms with E-state index in [0.29, 0.717) is 17.6 Å². The molecule has 1 aromatic carbocycles. The van der Waals surface area contributed by atoms with Crippen LogP contribution in [0.5, 0.6) is 0 Å². The van der Waals surface area contributed by atoms with Crippen molar-refractivity contribution in [3.8, 4) is 0 Å². The van der Waals surface area contributed by atoms with Crippen molar-refractivity contribution in [2.45, 2.75) is 32.7 Å². The normalized spacial score (nSPS) is 10.7. The van der Waals surface area contributed by atoms with Gasteiger partial charge >= 0.3 is 11.7 Å². The fraction of sp³-hybridized carbons (Fsp3) is 0.438. The summed E-state index contributed by atoms with van der Waals surface area (Å²) in [6, 6.07) is 6.98. The summed E-state index contributed by atoms with van der Waals surface area (Å²) in [5.74, 6) is -1.37. The predicted molar refractivity (Wildman–Crippen MR) is 84.0 cm³/mol. The standard InChI is InChI=1S/C16H20N2O5/c1-2-3-9-17-14(19)11-22-15(20)8-10-18-12-6-4-5-7-13(12)23-16(18)21/h4-7H,2-3,8-11H2,1H3,(H,17,19). The molecule has 0 unspecified atom stereocenters. The molecule has 23 heavy (non-hydrogen) atoms. The maximum atomic E-state index is 11.7. The Bertz CT molecular complexity index is 731. The van der Waals surface area contributed by atoms with Crippen molar-refractivity contribution in [1.82, 2.24) is 9.88 Å². The first-order valence-corrected chi connectivity index (χ1v) is 7.62. The molecule has 1 heterocycles. The number of benzene rings is 1. The van der Waals surface area contributed by atoms with Crippen LogP contribution < -0.4 is 11.1 Å². The van der Waals surface area contributed by atoms with Crippen LogP contribution in [0.2, 0.25) is 0 Å². The summed E-state index contributed by atoms with van der Waals surface area (Å²) in [5, 5.41) is 2.66. The van der Waals surface area contributed by atoms with Gasteiger partial charge in [-0.1, -0.05) is 25.5 Å². The molecule has 124 valence electrons. The minimum Gasteiger partial charge on any atom is -0.456 e. The zero-order valence-electron chi connectivity index (χ0n) is 13.0. The highest BCUT2D eigenvalue weighted by Gasteiger charge is 2.12. The van der Waals surface area contributed by atoms with Gasteiger partial charge in [-0.25, -0.2) is 4.79 Å². The molecule has 0 radical (unpaired) electrons. The third-order valence-electron chi connectivity index (χ3n) is 3.33. The van der Waals surface area contributed by atoms with Crippen molar-refractivity contribution in [2.75, 3.05) is 13.2 Å². The number of hydrogen-bond acceptors (Lipinski definition) is 5. The van der Waals surface area contributed by atoms with Gasteiger partial charge in [0.05, 0.1) is 11.9 Å². The molecule has 0 saturated heterocycles. The molecule has 1 amide bonds. The van der Waals surface area contributed by atoms with Crippen LogP contribution >= 0.6 is 0 Å². The Morgan fingerprint density at radius 1 is 1.30 bits per heavy atom. The number of aryl methyl sites for hydroxylation is 1. The second-order valence-corrected chi connectivity index (χ2v) is 5.10. The maximum Gasteiger partial charge on any atom is 0.419 e. The van der Waals surface area contributed by atoms with Gasteiger partial charge in [-0.15, -0.1) is 0 Å². The highest BCUT2D eigenvalue weighted by molar-refractivity contribution is 5.80. The lowest BCUT2D eigenvalue weighted by Gasteiger charge is -2.06. The number of carbonyl (C=O) groups is 2. The lowest BCUT2D eigenvalue weighted by Crippen LogP contribution is -2.29. The lowest BCUT2D eigenvalue weighted by molar-refractivity contribution is -0.148. The fourth-order valence-corrected chi connectivity index (χ4v) is 2.10. The minimum absolute atomic E-state index is 0.00826. The van der Waals surface area contributed by atoms with Crippen molar-refractivity contribution in [1.29, 1.82) is 0 Å². The zero-order chi connectivity index (χ0) is 16.7. The number of hydrogen-bond donors (Lipinski definition) is 1. The van der Waals surface area contributed by atoms with Crippen LogP contribution in [0.4, 0.5) is 0 Å². The fourth-order valence-electron chi connectivity index (χ4n) is 2.10. The van der Waals surface area contributed by atoms with E-state index in [1.165, 1.54) is 4.57 Å². The van der Waals surface area contributed by atoms with Gasteiger partial charge in [-0.2, -0.15) is 0 Å². The molecule has 0 aliphatic carbocycles.